The van der Waals surface area contributed by atoms with Gasteiger partial charge in [0.15, 0.2) is 16.6 Å². The maximum atomic E-state index is 6.35. The molecule has 0 amide bonds. The predicted octanol–water partition coefficient (Wildman–Crippen LogP) is 9.10. The Morgan fingerprint density at radius 3 is 1.44 bits per heavy atom. The maximum absolute atomic E-state index is 6.35. The number of hydrogen-bond donors (Lipinski definition) is 0. The minimum atomic E-state index is -1.53. The summed E-state index contributed by atoms with van der Waals surface area (Å²) in [4.78, 5) is 0. The van der Waals surface area contributed by atoms with Gasteiger partial charge >= 0.3 is 0 Å². The number of rotatable bonds is 12. The molecule has 0 spiro atoms. The van der Waals surface area contributed by atoms with Gasteiger partial charge in [-0.05, 0) is 112 Å². The van der Waals surface area contributed by atoms with E-state index >= 15 is 0 Å². The van der Waals surface area contributed by atoms with Crippen LogP contribution in [-0.4, -0.2) is 42.1 Å². The average Bonchev–Trinajstić information content (AvgIpc) is 2.89. The Hall–Kier alpha value is -1.61. The van der Waals surface area contributed by atoms with Crippen LogP contribution in [0.15, 0.2) is 48.5 Å². The minimum absolute atomic E-state index is 0.0958. The smallest absolute Gasteiger partial charge is 0.190 e. The van der Waals surface area contributed by atoms with Crippen molar-refractivity contribution in [3.8, 4) is 11.5 Å². The van der Waals surface area contributed by atoms with Crippen LogP contribution >= 0.6 is 0 Å². The summed E-state index contributed by atoms with van der Waals surface area (Å²) in [7, 11) is -3.06. The normalized spacial score (nSPS) is 27.7. The highest BCUT2D eigenvalue weighted by Crippen LogP contribution is 2.34. The van der Waals surface area contributed by atoms with Gasteiger partial charge < -0.3 is 18.3 Å². The van der Waals surface area contributed by atoms with Crippen molar-refractivity contribution >= 4 is 16.6 Å². The molecule has 2 aliphatic rings. The van der Waals surface area contributed by atoms with E-state index in [2.05, 4.69) is 89.3 Å². The SMILES string of the molecule is CC1CCC[Si](C)(CCCOc2ccc(C(C)(C)c3ccc(OCCC[Si]4(C)CCCC(C)O4)cc3)cc2)O1. The average molecular weight is 569 g/mol. The fourth-order valence-corrected chi connectivity index (χ4v) is 13.3. The summed E-state index contributed by atoms with van der Waals surface area (Å²) in [5, 5.41) is 0. The number of ether oxygens (including phenoxy) is 2. The molecular formula is C33H52O4Si2. The van der Waals surface area contributed by atoms with Crippen LogP contribution in [0.5, 0.6) is 11.5 Å². The zero-order valence-corrected chi connectivity index (χ0v) is 27.4. The number of hydrogen-bond acceptors (Lipinski definition) is 4. The van der Waals surface area contributed by atoms with Crippen molar-refractivity contribution in [3.63, 3.8) is 0 Å². The summed E-state index contributed by atoms with van der Waals surface area (Å²) in [5.41, 5.74) is 2.47. The second-order valence-corrected chi connectivity index (χ2v) is 21.4. The molecule has 4 nitrogen and oxygen atoms in total. The van der Waals surface area contributed by atoms with Crippen molar-refractivity contribution in [1.29, 1.82) is 0 Å². The minimum Gasteiger partial charge on any atom is -0.494 e. The highest BCUT2D eigenvalue weighted by atomic mass is 28.4. The van der Waals surface area contributed by atoms with Crippen LogP contribution in [-0.2, 0) is 14.3 Å². The quantitative estimate of drug-likeness (QED) is 0.189. The zero-order chi connectivity index (χ0) is 27.9. The van der Waals surface area contributed by atoms with Crippen molar-refractivity contribution in [3.05, 3.63) is 59.7 Å². The van der Waals surface area contributed by atoms with Gasteiger partial charge in [-0.15, -0.1) is 0 Å². The van der Waals surface area contributed by atoms with Crippen LogP contribution in [0.1, 0.15) is 77.3 Å². The molecule has 2 fully saturated rings. The summed E-state index contributed by atoms with van der Waals surface area (Å²) in [6.07, 6.45) is 8.12. The van der Waals surface area contributed by atoms with Gasteiger partial charge in [0.1, 0.15) is 11.5 Å². The van der Waals surface area contributed by atoms with E-state index in [-0.39, 0.29) is 5.41 Å². The third-order valence-corrected chi connectivity index (χ3v) is 16.6. The molecule has 216 valence electrons. The number of benzene rings is 2. The highest BCUT2D eigenvalue weighted by molar-refractivity contribution is 6.73. The first-order chi connectivity index (χ1) is 18.6. The lowest BCUT2D eigenvalue weighted by atomic mass is 9.78. The highest BCUT2D eigenvalue weighted by Gasteiger charge is 2.34. The third kappa shape index (κ3) is 8.69. The molecule has 2 aromatic rings. The molecule has 2 aliphatic heterocycles. The monoisotopic (exact) mass is 568 g/mol. The summed E-state index contributed by atoms with van der Waals surface area (Å²) >= 11 is 0. The molecule has 4 rings (SSSR count). The molecule has 2 heterocycles. The van der Waals surface area contributed by atoms with Crippen LogP contribution in [0.25, 0.3) is 0 Å². The lowest BCUT2D eigenvalue weighted by Crippen LogP contribution is -2.41. The standard InChI is InChI=1S/C33H52O4Si2/c1-27-11-7-23-38(5,36-27)25-9-21-34-31-17-13-29(14-18-31)33(3,4)30-15-19-32(20-16-30)35-22-10-26-39(6)24-8-12-28(2)37-39/h13-20,27-28H,7-12,21-26H2,1-6H3. The first kappa shape index (κ1) is 30.4. The summed E-state index contributed by atoms with van der Waals surface area (Å²) < 4.78 is 24.9. The van der Waals surface area contributed by atoms with Crippen molar-refractivity contribution < 1.29 is 18.3 Å². The first-order valence-electron chi connectivity index (χ1n) is 15.4. The zero-order valence-electron chi connectivity index (χ0n) is 25.4. The maximum Gasteiger partial charge on any atom is 0.190 e. The van der Waals surface area contributed by atoms with Crippen molar-refractivity contribution in [2.24, 2.45) is 0 Å². The first-order valence-corrected chi connectivity index (χ1v) is 21.0. The van der Waals surface area contributed by atoms with Crippen LogP contribution in [0, 0.1) is 0 Å². The molecule has 0 N–H and O–H groups in total. The van der Waals surface area contributed by atoms with Crippen LogP contribution in [0.4, 0.5) is 0 Å². The van der Waals surface area contributed by atoms with E-state index < -0.39 is 16.6 Å². The molecule has 0 aromatic heterocycles. The van der Waals surface area contributed by atoms with Gasteiger partial charge in [-0.1, -0.05) is 51.0 Å². The van der Waals surface area contributed by atoms with E-state index in [0.29, 0.717) is 12.2 Å². The van der Waals surface area contributed by atoms with Gasteiger partial charge in [-0.3, -0.25) is 0 Å². The largest absolute Gasteiger partial charge is 0.494 e. The Morgan fingerprint density at radius 1 is 0.692 bits per heavy atom. The fourth-order valence-electron chi connectivity index (χ4n) is 6.48. The molecule has 0 saturated carbocycles. The van der Waals surface area contributed by atoms with E-state index in [4.69, 9.17) is 18.3 Å². The molecule has 6 heteroatoms. The van der Waals surface area contributed by atoms with E-state index in [9.17, 15) is 0 Å². The molecule has 39 heavy (non-hydrogen) atoms. The molecule has 2 aromatic carbocycles. The van der Waals surface area contributed by atoms with Crippen molar-refractivity contribution in [2.45, 2.75) is 121 Å². The topological polar surface area (TPSA) is 36.9 Å². The molecular weight excluding hydrogens is 517 g/mol. The Bertz CT molecular complexity index is 944. The van der Waals surface area contributed by atoms with Crippen LogP contribution in [0.2, 0.25) is 37.3 Å². The van der Waals surface area contributed by atoms with E-state index in [1.807, 2.05) is 0 Å². The molecule has 4 atom stereocenters. The molecule has 4 unspecified atom stereocenters. The lowest BCUT2D eigenvalue weighted by Gasteiger charge is -2.35. The van der Waals surface area contributed by atoms with Gasteiger partial charge in [-0.25, -0.2) is 0 Å². The summed E-state index contributed by atoms with van der Waals surface area (Å²) in [5.74, 6) is 1.90. The Morgan fingerprint density at radius 2 is 1.08 bits per heavy atom. The Balaban J connectivity index is 1.21. The predicted molar refractivity (Wildman–Crippen MR) is 167 cm³/mol. The second-order valence-electron chi connectivity index (χ2n) is 13.1. The lowest BCUT2D eigenvalue weighted by molar-refractivity contribution is 0.174. The van der Waals surface area contributed by atoms with E-state index in [1.165, 1.54) is 61.0 Å². The Labute approximate surface area is 240 Å². The van der Waals surface area contributed by atoms with E-state index in [0.717, 1.165) is 37.6 Å². The molecule has 0 aliphatic carbocycles. The molecule has 0 bridgehead atoms. The van der Waals surface area contributed by atoms with Crippen LogP contribution in [0.3, 0.4) is 0 Å². The van der Waals surface area contributed by atoms with E-state index in [1.54, 1.807) is 0 Å². The van der Waals surface area contributed by atoms with Crippen molar-refractivity contribution in [2.75, 3.05) is 13.2 Å². The van der Waals surface area contributed by atoms with Gasteiger partial charge in [0.25, 0.3) is 0 Å². The van der Waals surface area contributed by atoms with Crippen LogP contribution < -0.4 is 9.47 Å². The fraction of sp³-hybridized carbons (Fsp3) is 0.636. The summed E-state index contributed by atoms with van der Waals surface area (Å²) in [6.45, 7) is 15.3. The second kappa shape index (κ2) is 13.4. The Kier molecular flexibility index (Phi) is 10.4. The summed E-state index contributed by atoms with van der Waals surface area (Å²) in [6, 6.07) is 22.3. The van der Waals surface area contributed by atoms with Gasteiger partial charge in [0.05, 0.1) is 13.2 Å². The van der Waals surface area contributed by atoms with Gasteiger partial charge in [0.2, 0.25) is 0 Å². The van der Waals surface area contributed by atoms with Gasteiger partial charge in [-0.2, -0.15) is 0 Å². The third-order valence-electron chi connectivity index (χ3n) is 8.99. The van der Waals surface area contributed by atoms with Crippen molar-refractivity contribution in [1.82, 2.24) is 0 Å². The van der Waals surface area contributed by atoms with Gasteiger partial charge in [0, 0.05) is 17.6 Å². The molecule has 2 saturated heterocycles. The molecule has 0 radical (unpaired) electrons.